The predicted molar refractivity (Wildman–Crippen MR) is 109 cm³/mol. The molecule has 1 aliphatic heterocycles. The summed E-state index contributed by atoms with van der Waals surface area (Å²) in [7, 11) is 0. The van der Waals surface area contributed by atoms with Gasteiger partial charge in [0.25, 0.3) is 11.1 Å². The van der Waals surface area contributed by atoms with Crippen molar-refractivity contribution < 1.29 is 18.7 Å². The van der Waals surface area contributed by atoms with E-state index in [0.29, 0.717) is 5.56 Å². The van der Waals surface area contributed by atoms with Crippen LogP contribution >= 0.6 is 35.0 Å². The minimum Gasteiger partial charge on any atom is -0.486 e. The fourth-order valence-corrected chi connectivity index (χ4v) is 3.87. The molecule has 28 heavy (non-hydrogen) atoms. The molecular formula is C20H12Cl2FNO3S. The number of rotatable bonds is 5. The van der Waals surface area contributed by atoms with Gasteiger partial charge in [-0.05, 0) is 53.2 Å². The predicted octanol–water partition coefficient (Wildman–Crippen LogP) is 5.38. The zero-order valence-electron chi connectivity index (χ0n) is 14.2. The highest BCUT2D eigenvalue weighted by Crippen LogP contribution is 2.37. The lowest BCUT2D eigenvalue weighted by Gasteiger charge is -2.11. The van der Waals surface area contributed by atoms with Gasteiger partial charge in [0.2, 0.25) is 0 Å². The summed E-state index contributed by atoms with van der Waals surface area (Å²) in [4.78, 5) is 25.3. The van der Waals surface area contributed by atoms with Crippen molar-refractivity contribution in [1.82, 2.24) is 4.90 Å². The van der Waals surface area contributed by atoms with E-state index in [0.717, 1.165) is 22.2 Å². The van der Waals surface area contributed by atoms with Gasteiger partial charge in [-0.1, -0.05) is 41.3 Å². The van der Waals surface area contributed by atoms with Crippen LogP contribution in [0, 0.1) is 18.2 Å². The van der Waals surface area contributed by atoms with Crippen LogP contribution in [0.3, 0.4) is 0 Å². The van der Waals surface area contributed by atoms with E-state index < -0.39 is 11.1 Å². The van der Waals surface area contributed by atoms with Crippen LogP contribution in [0.2, 0.25) is 10.0 Å². The molecule has 1 heterocycles. The number of imide groups is 1. The molecule has 4 nitrogen and oxygen atoms in total. The molecule has 0 N–H and O–H groups in total. The van der Waals surface area contributed by atoms with Crippen molar-refractivity contribution in [2.24, 2.45) is 0 Å². The Morgan fingerprint density at radius 1 is 1.18 bits per heavy atom. The van der Waals surface area contributed by atoms with Crippen molar-refractivity contribution in [3.8, 4) is 18.1 Å². The zero-order chi connectivity index (χ0) is 20.3. The number of hydrogen-bond donors (Lipinski definition) is 0. The smallest absolute Gasteiger partial charge is 0.294 e. The summed E-state index contributed by atoms with van der Waals surface area (Å²) in [6.07, 6.45) is 6.69. The average Bonchev–Trinajstić information content (AvgIpc) is 2.90. The van der Waals surface area contributed by atoms with Crippen LogP contribution in [-0.2, 0) is 11.4 Å². The molecule has 3 rings (SSSR count). The number of carbonyl (C=O) groups excluding carboxylic acids is 2. The molecule has 8 heteroatoms. The van der Waals surface area contributed by atoms with Crippen LogP contribution in [0.1, 0.15) is 11.1 Å². The van der Waals surface area contributed by atoms with Gasteiger partial charge in [0, 0.05) is 0 Å². The molecule has 0 unspecified atom stereocenters. The fraction of sp³-hybridized carbons (Fsp3) is 0.100. The van der Waals surface area contributed by atoms with Crippen molar-refractivity contribution >= 4 is 52.2 Å². The Labute approximate surface area is 175 Å². The Hall–Kier alpha value is -2.46. The van der Waals surface area contributed by atoms with Crippen molar-refractivity contribution in [1.29, 1.82) is 0 Å². The van der Waals surface area contributed by atoms with E-state index in [9.17, 15) is 14.0 Å². The van der Waals surface area contributed by atoms with E-state index in [2.05, 4.69) is 5.92 Å². The highest BCUT2D eigenvalue weighted by molar-refractivity contribution is 8.18. The second kappa shape index (κ2) is 8.70. The SMILES string of the molecule is C#CCN1C(=O)SC(=Cc2cc(Cl)c(OCc3ccc(F)cc3)c(Cl)c2)C1=O. The lowest BCUT2D eigenvalue weighted by molar-refractivity contribution is -0.122. The lowest BCUT2D eigenvalue weighted by atomic mass is 10.2. The van der Waals surface area contributed by atoms with Crippen molar-refractivity contribution in [3.05, 3.63) is 68.3 Å². The van der Waals surface area contributed by atoms with E-state index in [1.165, 1.54) is 18.2 Å². The number of thioether (sulfide) groups is 1. The molecule has 0 aromatic heterocycles. The first-order chi connectivity index (χ1) is 13.4. The van der Waals surface area contributed by atoms with Gasteiger partial charge in [-0.25, -0.2) is 4.39 Å². The summed E-state index contributed by atoms with van der Waals surface area (Å²) in [5, 5.41) is 0.0538. The second-order valence-corrected chi connectivity index (χ2v) is 7.51. The normalized spacial score (nSPS) is 15.2. The van der Waals surface area contributed by atoms with Crippen LogP contribution in [0.4, 0.5) is 9.18 Å². The third-order valence-electron chi connectivity index (χ3n) is 3.74. The van der Waals surface area contributed by atoms with Gasteiger partial charge in [0.05, 0.1) is 21.5 Å². The molecule has 1 saturated heterocycles. The van der Waals surface area contributed by atoms with Crippen LogP contribution in [0.5, 0.6) is 5.75 Å². The molecule has 0 spiro atoms. The molecule has 0 saturated carbocycles. The number of halogens is 3. The first-order valence-electron chi connectivity index (χ1n) is 7.94. The number of hydrogen-bond acceptors (Lipinski definition) is 4. The quantitative estimate of drug-likeness (QED) is 0.467. The number of benzene rings is 2. The minimum absolute atomic E-state index is 0.0836. The maximum atomic E-state index is 13.0. The third-order valence-corrected chi connectivity index (χ3v) is 5.21. The lowest BCUT2D eigenvalue weighted by Crippen LogP contribution is -2.28. The maximum absolute atomic E-state index is 13.0. The second-order valence-electron chi connectivity index (χ2n) is 5.70. The Kier molecular flexibility index (Phi) is 6.30. The summed E-state index contributed by atoms with van der Waals surface area (Å²) in [6, 6.07) is 9.00. The van der Waals surface area contributed by atoms with Crippen LogP contribution in [0.15, 0.2) is 41.3 Å². The summed E-state index contributed by atoms with van der Waals surface area (Å²) in [5.74, 6) is 1.75. The van der Waals surface area contributed by atoms with Gasteiger partial charge in [-0.3, -0.25) is 14.5 Å². The van der Waals surface area contributed by atoms with Gasteiger partial charge in [-0.15, -0.1) is 6.42 Å². The fourth-order valence-electron chi connectivity index (χ4n) is 2.42. The van der Waals surface area contributed by atoms with Gasteiger partial charge in [-0.2, -0.15) is 0 Å². The maximum Gasteiger partial charge on any atom is 0.294 e. The first-order valence-corrected chi connectivity index (χ1v) is 9.51. The summed E-state index contributed by atoms with van der Waals surface area (Å²) in [6.45, 7) is 0.0731. The molecule has 2 aromatic carbocycles. The monoisotopic (exact) mass is 435 g/mol. The Bertz CT molecular complexity index is 992. The van der Waals surface area contributed by atoms with Crippen LogP contribution in [-0.4, -0.2) is 22.6 Å². The molecule has 2 amide bonds. The van der Waals surface area contributed by atoms with E-state index in [-0.39, 0.29) is 39.7 Å². The number of terminal acetylenes is 1. The van der Waals surface area contributed by atoms with E-state index in [1.807, 2.05) is 0 Å². The molecule has 2 aromatic rings. The molecule has 1 aliphatic rings. The van der Waals surface area contributed by atoms with Gasteiger partial charge in [0.1, 0.15) is 12.4 Å². The first kappa shape index (κ1) is 20.3. The summed E-state index contributed by atoms with van der Waals surface area (Å²) < 4.78 is 18.6. The highest BCUT2D eigenvalue weighted by Gasteiger charge is 2.34. The topological polar surface area (TPSA) is 46.6 Å². The largest absolute Gasteiger partial charge is 0.486 e. The molecule has 0 aliphatic carbocycles. The van der Waals surface area contributed by atoms with Gasteiger partial charge >= 0.3 is 0 Å². The molecule has 0 atom stereocenters. The third kappa shape index (κ3) is 4.50. The molecule has 0 bridgehead atoms. The zero-order valence-corrected chi connectivity index (χ0v) is 16.6. The van der Waals surface area contributed by atoms with E-state index >= 15 is 0 Å². The highest BCUT2D eigenvalue weighted by atomic mass is 35.5. The number of carbonyl (C=O) groups is 2. The van der Waals surface area contributed by atoms with Crippen molar-refractivity contribution in [2.75, 3.05) is 6.54 Å². The number of ether oxygens (including phenoxy) is 1. The van der Waals surface area contributed by atoms with Crippen LogP contribution in [0.25, 0.3) is 6.08 Å². The Morgan fingerprint density at radius 3 is 2.43 bits per heavy atom. The van der Waals surface area contributed by atoms with Gasteiger partial charge in [0.15, 0.2) is 5.75 Å². The number of nitrogens with zero attached hydrogens (tertiary/aromatic N) is 1. The van der Waals surface area contributed by atoms with E-state index in [1.54, 1.807) is 24.3 Å². The van der Waals surface area contributed by atoms with Crippen molar-refractivity contribution in [3.63, 3.8) is 0 Å². The minimum atomic E-state index is -0.461. The Morgan fingerprint density at radius 2 is 1.82 bits per heavy atom. The summed E-state index contributed by atoms with van der Waals surface area (Å²) in [5.41, 5.74) is 1.29. The molecule has 0 radical (unpaired) electrons. The molecule has 142 valence electrons. The Balaban J connectivity index is 1.78. The summed E-state index contributed by atoms with van der Waals surface area (Å²) >= 11 is 13.3. The van der Waals surface area contributed by atoms with Crippen LogP contribution < -0.4 is 4.74 Å². The van der Waals surface area contributed by atoms with Crippen molar-refractivity contribution in [2.45, 2.75) is 6.61 Å². The van der Waals surface area contributed by atoms with E-state index in [4.69, 9.17) is 34.4 Å². The number of amides is 2. The molecular weight excluding hydrogens is 424 g/mol. The standard InChI is InChI=1S/C20H12Cl2FNO3S/c1-2-7-24-19(25)17(28-20(24)26)10-13-8-15(21)18(16(22)9-13)27-11-12-3-5-14(23)6-4-12/h1,3-6,8-10H,7,11H2. The van der Waals surface area contributed by atoms with Gasteiger partial charge < -0.3 is 4.74 Å². The molecule has 1 fully saturated rings. The average molecular weight is 436 g/mol.